The summed E-state index contributed by atoms with van der Waals surface area (Å²) in [4.78, 5) is 4.49. The van der Waals surface area contributed by atoms with Crippen LogP contribution in [-0.2, 0) is 5.75 Å². The van der Waals surface area contributed by atoms with Crippen LogP contribution in [0, 0.1) is 0 Å². The van der Waals surface area contributed by atoms with E-state index in [-0.39, 0.29) is 6.61 Å². The summed E-state index contributed by atoms with van der Waals surface area (Å²) in [7, 11) is 0. The number of hydrogen-bond donors (Lipinski definition) is 1. The van der Waals surface area contributed by atoms with Crippen LogP contribution < -0.4 is 0 Å². The van der Waals surface area contributed by atoms with Gasteiger partial charge in [0.1, 0.15) is 5.65 Å². The summed E-state index contributed by atoms with van der Waals surface area (Å²) in [6, 6.07) is 5.99. The molecule has 0 fully saturated rings. The molecule has 0 spiro atoms. The van der Waals surface area contributed by atoms with Gasteiger partial charge in [-0.3, -0.25) is 0 Å². The quantitative estimate of drug-likeness (QED) is 0.786. The molecule has 80 valence electrons. The zero-order chi connectivity index (χ0) is 10.5. The minimum atomic E-state index is 0.276. The molecule has 2 aromatic rings. The summed E-state index contributed by atoms with van der Waals surface area (Å²) in [5.41, 5.74) is 2.10. The van der Waals surface area contributed by atoms with Crippen molar-refractivity contribution in [3.63, 3.8) is 0 Å². The molecule has 2 aromatic heterocycles. The van der Waals surface area contributed by atoms with Gasteiger partial charge in [0.15, 0.2) is 0 Å². The molecular formula is C11H14N2OS. The summed E-state index contributed by atoms with van der Waals surface area (Å²) in [6.45, 7) is 0.276. The Bertz CT molecular complexity index is 394. The molecule has 15 heavy (non-hydrogen) atoms. The molecule has 3 nitrogen and oxygen atoms in total. The Balaban J connectivity index is 1.97. The molecular weight excluding hydrogens is 208 g/mol. The highest BCUT2D eigenvalue weighted by Crippen LogP contribution is 2.13. The minimum Gasteiger partial charge on any atom is -0.396 e. The molecule has 0 aliphatic carbocycles. The van der Waals surface area contributed by atoms with Gasteiger partial charge in [-0.05, 0) is 24.3 Å². The molecule has 0 aliphatic rings. The highest BCUT2D eigenvalue weighted by Gasteiger charge is 2.00. The topological polar surface area (TPSA) is 37.5 Å². The van der Waals surface area contributed by atoms with E-state index < -0.39 is 0 Å². The molecule has 0 radical (unpaired) electrons. The molecule has 0 unspecified atom stereocenters. The van der Waals surface area contributed by atoms with Crippen molar-refractivity contribution in [2.75, 3.05) is 12.4 Å². The third-order valence-corrected chi connectivity index (χ3v) is 3.19. The fraction of sp³-hybridized carbons (Fsp3) is 0.364. The van der Waals surface area contributed by atoms with Crippen LogP contribution in [-0.4, -0.2) is 26.9 Å². The number of imidazole rings is 1. The van der Waals surface area contributed by atoms with Gasteiger partial charge >= 0.3 is 0 Å². The first-order chi connectivity index (χ1) is 7.40. The largest absolute Gasteiger partial charge is 0.396 e. The van der Waals surface area contributed by atoms with Gasteiger partial charge in [0.05, 0.1) is 5.69 Å². The number of aliphatic hydroxyl groups is 1. The molecule has 2 heterocycles. The van der Waals surface area contributed by atoms with Gasteiger partial charge in [0.2, 0.25) is 0 Å². The zero-order valence-electron chi connectivity index (χ0n) is 8.47. The number of aromatic nitrogens is 2. The zero-order valence-corrected chi connectivity index (χ0v) is 9.28. The maximum atomic E-state index is 8.64. The first-order valence-electron chi connectivity index (χ1n) is 5.01. The smallest absolute Gasteiger partial charge is 0.137 e. The highest BCUT2D eigenvalue weighted by atomic mass is 32.2. The first-order valence-corrected chi connectivity index (χ1v) is 6.17. The normalized spacial score (nSPS) is 11.0. The molecule has 0 bridgehead atoms. The monoisotopic (exact) mass is 222 g/mol. The van der Waals surface area contributed by atoms with Crippen LogP contribution in [0.2, 0.25) is 0 Å². The molecule has 4 heteroatoms. The van der Waals surface area contributed by atoms with Gasteiger partial charge in [-0.25, -0.2) is 4.98 Å². The number of rotatable bonds is 5. The number of fused-ring (bicyclic) bond motifs is 1. The van der Waals surface area contributed by atoms with Crippen molar-refractivity contribution in [1.29, 1.82) is 0 Å². The van der Waals surface area contributed by atoms with Gasteiger partial charge in [-0.2, -0.15) is 11.8 Å². The summed E-state index contributed by atoms with van der Waals surface area (Å²) < 4.78 is 2.03. The predicted molar refractivity (Wildman–Crippen MR) is 63.1 cm³/mol. The van der Waals surface area contributed by atoms with Crippen molar-refractivity contribution in [3.8, 4) is 0 Å². The second-order valence-corrected chi connectivity index (χ2v) is 4.43. The van der Waals surface area contributed by atoms with Crippen LogP contribution in [0.3, 0.4) is 0 Å². The molecule has 0 saturated carbocycles. The Morgan fingerprint density at radius 1 is 1.40 bits per heavy atom. The van der Waals surface area contributed by atoms with Crippen LogP contribution in [0.5, 0.6) is 0 Å². The van der Waals surface area contributed by atoms with Gasteiger partial charge in [0.25, 0.3) is 0 Å². The van der Waals surface area contributed by atoms with Crippen molar-refractivity contribution >= 4 is 17.4 Å². The Labute approximate surface area is 93.1 Å². The van der Waals surface area contributed by atoms with Crippen molar-refractivity contribution in [2.45, 2.75) is 12.2 Å². The van der Waals surface area contributed by atoms with Crippen LogP contribution >= 0.6 is 11.8 Å². The van der Waals surface area contributed by atoms with Gasteiger partial charge in [-0.1, -0.05) is 6.07 Å². The van der Waals surface area contributed by atoms with E-state index in [0.717, 1.165) is 29.3 Å². The second-order valence-electron chi connectivity index (χ2n) is 3.33. The highest BCUT2D eigenvalue weighted by molar-refractivity contribution is 7.98. The Morgan fingerprint density at radius 2 is 2.33 bits per heavy atom. The Morgan fingerprint density at radius 3 is 3.13 bits per heavy atom. The predicted octanol–water partition coefficient (Wildman–Crippen LogP) is 1.95. The summed E-state index contributed by atoms with van der Waals surface area (Å²) in [6.07, 6.45) is 4.92. The standard InChI is InChI=1S/C11H14N2OS/c14-6-3-7-15-9-10-8-13-5-2-1-4-11(13)12-10/h1-2,4-5,8,14H,3,6-7,9H2. The van der Waals surface area contributed by atoms with E-state index in [4.69, 9.17) is 5.11 Å². The van der Waals surface area contributed by atoms with E-state index in [1.807, 2.05) is 40.6 Å². The Hall–Kier alpha value is -1.00. The average molecular weight is 222 g/mol. The van der Waals surface area contributed by atoms with Crippen LogP contribution in [0.4, 0.5) is 0 Å². The number of thioether (sulfide) groups is 1. The minimum absolute atomic E-state index is 0.276. The molecule has 0 atom stereocenters. The summed E-state index contributed by atoms with van der Waals surface area (Å²) in [5.74, 6) is 1.91. The van der Waals surface area contributed by atoms with Crippen molar-refractivity contribution < 1.29 is 5.11 Å². The fourth-order valence-electron chi connectivity index (χ4n) is 1.40. The lowest BCUT2D eigenvalue weighted by Gasteiger charge is -1.95. The molecule has 1 N–H and O–H groups in total. The third-order valence-electron chi connectivity index (χ3n) is 2.11. The van der Waals surface area contributed by atoms with Gasteiger partial charge < -0.3 is 9.51 Å². The first kappa shape index (κ1) is 10.5. The lowest BCUT2D eigenvalue weighted by molar-refractivity contribution is 0.296. The number of hydrogen-bond acceptors (Lipinski definition) is 3. The summed E-state index contributed by atoms with van der Waals surface area (Å²) >= 11 is 1.81. The van der Waals surface area contributed by atoms with E-state index in [1.54, 1.807) is 0 Å². The second kappa shape index (κ2) is 5.19. The Kier molecular flexibility index (Phi) is 3.64. The summed E-state index contributed by atoms with van der Waals surface area (Å²) in [5, 5.41) is 8.64. The van der Waals surface area contributed by atoms with E-state index in [9.17, 15) is 0 Å². The van der Waals surface area contributed by atoms with Crippen LogP contribution in [0.1, 0.15) is 12.1 Å². The van der Waals surface area contributed by atoms with E-state index in [0.29, 0.717) is 0 Å². The maximum Gasteiger partial charge on any atom is 0.137 e. The van der Waals surface area contributed by atoms with Crippen LogP contribution in [0.15, 0.2) is 30.6 Å². The number of pyridine rings is 1. The van der Waals surface area contributed by atoms with E-state index >= 15 is 0 Å². The fourth-order valence-corrected chi connectivity index (χ4v) is 2.23. The molecule has 2 rings (SSSR count). The van der Waals surface area contributed by atoms with Crippen molar-refractivity contribution in [3.05, 3.63) is 36.3 Å². The van der Waals surface area contributed by atoms with Crippen molar-refractivity contribution in [1.82, 2.24) is 9.38 Å². The molecule has 0 amide bonds. The lowest BCUT2D eigenvalue weighted by atomic mass is 10.5. The molecule has 0 saturated heterocycles. The third kappa shape index (κ3) is 2.73. The molecule has 0 aliphatic heterocycles. The number of nitrogens with zero attached hydrogens (tertiary/aromatic N) is 2. The van der Waals surface area contributed by atoms with Crippen molar-refractivity contribution in [2.24, 2.45) is 0 Å². The SMILES string of the molecule is OCCCSCc1cn2ccccc2n1. The lowest BCUT2D eigenvalue weighted by Crippen LogP contribution is -1.87. The van der Waals surface area contributed by atoms with E-state index in [2.05, 4.69) is 11.2 Å². The maximum absolute atomic E-state index is 8.64. The average Bonchev–Trinajstić information content (AvgIpc) is 2.67. The van der Waals surface area contributed by atoms with Gasteiger partial charge in [-0.15, -0.1) is 0 Å². The van der Waals surface area contributed by atoms with Gasteiger partial charge in [0, 0.05) is 24.8 Å². The number of aliphatic hydroxyl groups excluding tert-OH is 1. The van der Waals surface area contributed by atoms with E-state index in [1.165, 1.54) is 0 Å². The van der Waals surface area contributed by atoms with Crippen LogP contribution in [0.25, 0.3) is 5.65 Å². The molecule has 0 aromatic carbocycles.